The summed E-state index contributed by atoms with van der Waals surface area (Å²) in [5.74, 6) is 0. The molecule has 3 heteroatoms. The number of aryl methyl sites for hydroxylation is 2. The van der Waals surface area contributed by atoms with Crippen LogP contribution in [0.15, 0.2) is 24.3 Å². The molecule has 0 bridgehead atoms. The summed E-state index contributed by atoms with van der Waals surface area (Å²) in [4.78, 5) is 4.46. The zero-order valence-corrected chi connectivity index (χ0v) is 14.2. The van der Waals surface area contributed by atoms with Crippen LogP contribution in [0.3, 0.4) is 0 Å². The molecule has 0 aliphatic carbocycles. The third-order valence-electron chi connectivity index (χ3n) is 2.20. The summed E-state index contributed by atoms with van der Waals surface area (Å²) in [6.07, 6.45) is 0. The molecule has 0 spiro atoms. The molecule has 17 heavy (non-hydrogen) atoms. The third kappa shape index (κ3) is 4.36. The summed E-state index contributed by atoms with van der Waals surface area (Å²) in [7, 11) is 0. The Hall–Kier alpha value is -0.466. The van der Waals surface area contributed by atoms with Crippen LogP contribution >= 0.6 is 0 Å². The van der Waals surface area contributed by atoms with Crippen LogP contribution in [0, 0.1) is 21.3 Å². The summed E-state index contributed by atoms with van der Waals surface area (Å²) in [6.45, 7) is 8.01. The first-order valence-corrected chi connectivity index (χ1v) is 5.31. The molecule has 2 aromatic rings. The average Bonchev–Trinajstić information content (AvgIpc) is 2.23. The number of nitrogen functional groups attached to an aromatic ring is 1. The number of nitrogens with zero attached hydrogens (tertiary/aromatic N) is 1. The fourth-order valence-electron chi connectivity index (χ4n) is 1.55. The van der Waals surface area contributed by atoms with Crippen molar-refractivity contribution < 1.29 is 32.7 Å². The van der Waals surface area contributed by atoms with Crippen molar-refractivity contribution in [3.8, 4) is 0 Å². The molecule has 1 aromatic heterocycles. The molecule has 0 unspecified atom stereocenters. The van der Waals surface area contributed by atoms with E-state index in [0.717, 1.165) is 22.3 Å². The molecule has 1 heterocycles. The van der Waals surface area contributed by atoms with E-state index in [-0.39, 0.29) is 40.1 Å². The number of fused-ring (bicyclic) bond motifs is 1. The number of aromatic nitrogens is 1. The second-order valence-corrected chi connectivity index (χ2v) is 3.32. The van der Waals surface area contributed by atoms with Gasteiger partial charge in [0.25, 0.3) is 0 Å². The Kier molecular flexibility index (Phi) is 9.55. The van der Waals surface area contributed by atoms with E-state index >= 15 is 0 Å². The maximum Gasteiger partial charge on any atom is 0.0754 e. The van der Waals surface area contributed by atoms with Gasteiger partial charge in [-0.2, -0.15) is 0 Å². The van der Waals surface area contributed by atoms with Crippen molar-refractivity contribution in [1.29, 1.82) is 0 Å². The Morgan fingerprint density at radius 1 is 1.12 bits per heavy atom. The van der Waals surface area contributed by atoms with Gasteiger partial charge in [-0.25, -0.2) is 0 Å². The van der Waals surface area contributed by atoms with Crippen molar-refractivity contribution in [3.05, 3.63) is 42.9 Å². The van der Waals surface area contributed by atoms with Gasteiger partial charge in [0.05, 0.1) is 5.52 Å². The van der Waals surface area contributed by atoms with E-state index in [1.807, 2.05) is 52.0 Å². The van der Waals surface area contributed by atoms with E-state index < -0.39 is 0 Å². The standard InChI is InChI=1S/C11H12N2.C2H6.CH3.Y/c1-7-4-3-5-9-10(12)6-8(2)13-11(7)9;1-2;;/h3-6H,1-2H3,(H2,12,13);1-2H3;1H3;/q;;-1;. The summed E-state index contributed by atoms with van der Waals surface area (Å²) < 4.78 is 0. The van der Waals surface area contributed by atoms with Crippen molar-refractivity contribution in [1.82, 2.24) is 4.98 Å². The van der Waals surface area contributed by atoms with Crippen molar-refractivity contribution in [2.45, 2.75) is 27.7 Å². The van der Waals surface area contributed by atoms with Gasteiger partial charge < -0.3 is 13.2 Å². The van der Waals surface area contributed by atoms with Gasteiger partial charge in [-0.1, -0.05) is 32.0 Å². The van der Waals surface area contributed by atoms with Crippen LogP contribution in [0.1, 0.15) is 25.1 Å². The molecular formula is C14H21N2Y-. The SMILES string of the molecule is CC.Cc1cc(N)c2cccc(C)c2n1.[CH3-].[Y]. The molecule has 0 aliphatic rings. The van der Waals surface area contributed by atoms with E-state index in [2.05, 4.69) is 4.98 Å². The number of para-hydroxylation sites is 1. The largest absolute Gasteiger partial charge is 0.398 e. The zero-order valence-electron chi connectivity index (χ0n) is 11.4. The average molecular weight is 306 g/mol. The predicted molar refractivity (Wildman–Crippen MR) is 73.4 cm³/mol. The van der Waals surface area contributed by atoms with Crippen LogP contribution in [0.4, 0.5) is 5.69 Å². The smallest absolute Gasteiger partial charge is 0.0754 e. The molecule has 0 fully saturated rings. The van der Waals surface area contributed by atoms with Crippen molar-refractivity contribution in [2.24, 2.45) is 0 Å². The second kappa shape index (κ2) is 8.60. The maximum atomic E-state index is 5.89. The van der Waals surface area contributed by atoms with Gasteiger partial charge in [-0.15, -0.1) is 0 Å². The molecular weight excluding hydrogens is 285 g/mol. The van der Waals surface area contributed by atoms with Gasteiger partial charge in [0.2, 0.25) is 0 Å². The third-order valence-corrected chi connectivity index (χ3v) is 2.20. The minimum Gasteiger partial charge on any atom is -0.398 e. The number of pyridine rings is 1. The summed E-state index contributed by atoms with van der Waals surface area (Å²) in [6, 6.07) is 7.96. The Bertz CT molecular complexity index is 467. The van der Waals surface area contributed by atoms with Gasteiger partial charge in [0.1, 0.15) is 0 Å². The van der Waals surface area contributed by atoms with Crippen molar-refractivity contribution >= 4 is 16.6 Å². The van der Waals surface area contributed by atoms with Gasteiger partial charge in [0, 0.05) is 49.5 Å². The Balaban J connectivity index is 0. The molecule has 2 nitrogen and oxygen atoms in total. The predicted octanol–water partition coefficient (Wildman–Crippen LogP) is 3.91. The zero-order chi connectivity index (χ0) is 11.4. The number of hydrogen-bond donors (Lipinski definition) is 1. The number of hydrogen-bond acceptors (Lipinski definition) is 2. The number of benzene rings is 1. The Morgan fingerprint density at radius 2 is 1.71 bits per heavy atom. The normalized spacial score (nSPS) is 8.47. The molecule has 1 radical (unpaired) electrons. The van der Waals surface area contributed by atoms with Crippen molar-refractivity contribution in [2.75, 3.05) is 5.73 Å². The van der Waals surface area contributed by atoms with Crippen molar-refractivity contribution in [3.63, 3.8) is 0 Å². The van der Waals surface area contributed by atoms with Crippen LogP contribution < -0.4 is 5.73 Å². The van der Waals surface area contributed by atoms with Crippen LogP contribution in [0.5, 0.6) is 0 Å². The van der Waals surface area contributed by atoms with Gasteiger partial charge in [-0.05, 0) is 25.5 Å². The van der Waals surface area contributed by atoms with Gasteiger partial charge in [-0.3, -0.25) is 4.98 Å². The summed E-state index contributed by atoms with van der Waals surface area (Å²) in [5.41, 5.74) is 9.86. The molecule has 1 aromatic carbocycles. The maximum absolute atomic E-state index is 5.89. The van der Waals surface area contributed by atoms with Gasteiger partial charge in [0.15, 0.2) is 0 Å². The molecule has 2 rings (SSSR count). The van der Waals surface area contributed by atoms with Crippen LogP contribution in [0.25, 0.3) is 10.9 Å². The first-order valence-electron chi connectivity index (χ1n) is 5.31. The molecule has 2 N–H and O–H groups in total. The molecule has 0 saturated heterocycles. The number of rotatable bonds is 0. The fraction of sp³-hybridized carbons (Fsp3) is 0.286. The molecule has 91 valence electrons. The molecule has 0 amide bonds. The number of nitrogens with two attached hydrogens (primary N) is 1. The second-order valence-electron chi connectivity index (χ2n) is 3.32. The van der Waals surface area contributed by atoms with E-state index in [1.165, 1.54) is 5.56 Å². The topological polar surface area (TPSA) is 38.9 Å². The first kappa shape index (κ1) is 18.9. The fourth-order valence-corrected chi connectivity index (χ4v) is 1.55. The Labute approximate surface area is 130 Å². The summed E-state index contributed by atoms with van der Waals surface area (Å²) >= 11 is 0. The quantitative estimate of drug-likeness (QED) is 0.750. The van der Waals surface area contributed by atoms with E-state index in [4.69, 9.17) is 5.73 Å². The number of anilines is 1. The van der Waals surface area contributed by atoms with E-state index in [0.29, 0.717) is 0 Å². The molecule has 0 atom stereocenters. The van der Waals surface area contributed by atoms with Crippen LogP contribution in [-0.2, 0) is 32.7 Å². The van der Waals surface area contributed by atoms with Crippen LogP contribution in [-0.4, -0.2) is 4.98 Å². The summed E-state index contributed by atoms with van der Waals surface area (Å²) in [5, 5.41) is 1.05. The minimum absolute atomic E-state index is 0. The van der Waals surface area contributed by atoms with Gasteiger partial charge >= 0.3 is 0 Å². The van der Waals surface area contributed by atoms with E-state index in [9.17, 15) is 0 Å². The van der Waals surface area contributed by atoms with Crippen LogP contribution in [0.2, 0.25) is 0 Å². The van der Waals surface area contributed by atoms with E-state index in [1.54, 1.807) is 0 Å². The monoisotopic (exact) mass is 306 g/mol. The first-order chi connectivity index (χ1) is 7.18. The molecule has 0 saturated carbocycles. The molecule has 0 aliphatic heterocycles. The Morgan fingerprint density at radius 3 is 2.29 bits per heavy atom. The minimum atomic E-state index is 0.